The van der Waals surface area contributed by atoms with Gasteiger partial charge in [-0.25, -0.2) is 4.98 Å². The SMILES string of the molecule is Cc1ccc(-c2ncc3cccc(CN)n23)o1. The van der Waals surface area contributed by atoms with Crippen molar-refractivity contribution in [2.75, 3.05) is 0 Å². The molecular weight excluding hydrogens is 214 g/mol. The molecule has 0 radical (unpaired) electrons. The second kappa shape index (κ2) is 3.75. The summed E-state index contributed by atoms with van der Waals surface area (Å²) in [5, 5.41) is 0. The lowest BCUT2D eigenvalue weighted by Gasteiger charge is -2.04. The normalized spacial score (nSPS) is 11.2. The first-order chi connectivity index (χ1) is 8.29. The van der Waals surface area contributed by atoms with Crippen molar-refractivity contribution >= 4 is 5.52 Å². The van der Waals surface area contributed by atoms with Crippen molar-refractivity contribution in [2.24, 2.45) is 5.73 Å². The Bertz CT molecular complexity index is 666. The molecule has 3 heterocycles. The van der Waals surface area contributed by atoms with E-state index in [2.05, 4.69) is 4.98 Å². The van der Waals surface area contributed by atoms with Gasteiger partial charge in [-0.05, 0) is 31.2 Å². The van der Waals surface area contributed by atoms with Crippen LogP contribution >= 0.6 is 0 Å². The van der Waals surface area contributed by atoms with E-state index in [0.717, 1.165) is 28.6 Å². The smallest absolute Gasteiger partial charge is 0.181 e. The van der Waals surface area contributed by atoms with Crippen LogP contribution in [0.1, 0.15) is 11.5 Å². The lowest BCUT2D eigenvalue weighted by Crippen LogP contribution is -2.04. The predicted molar refractivity (Wildman–Crippen MR) is 65.5 cm³/mol. The molecule has 0 aliphatic carbocycles. The molecule has 0 bridgehead atoms. The van der Waals surface area contributed by atoms with Crippen LogP contribution in [-0.4, -0.2) is 9.38 Å². The van der Waals surface area contributed by atoms with E-state index < -0.39 is 0 Å². The van der Waals surface area contributed by atoms with Crippen LogP contribution in [0, 0.1) is 6.92 Å². The monoisotopic (exact) mass is 227 g/mol. The van der Waals surface area contributed by atoms with Gasteiger partial charge in [0.25, 0.3) is 0 Å². The van der Waals surface area contributed by atoms with E-state index in [1.54, 1.807) is 0 Å². The highest BCUT2D eigenvalue weighted by Gasteiger charge is 2.11. The molecule has 17 heavy (non-hydrogen) atoms. The zero-order valence-corrected chi connectivity index (χ0v) is 9.55. The molecule has 0 spiro atoms. The van der Waals surface area contributed by atoms with E-state index in [-0.39, 0.29) is 0 Å². The summed E-state index contributed by atoms with van der Waals surface area (Å²) in [7, 11) is 0. The fraction of sp³-hybridized carbons (Fsp3) is 0.154. The Morgan fingerprint density at radius 1 is 1.29 bits per heavy atom. The summed E-state index contributed by atoms with van der Waals surface area (Å²) in [5.41, 5.74) is 7.79. The second-order valence-corrected chi connectivity index (χ2v) is 3.97. The molecule has 0 aliphatic heterocycles. The van der Waals surface area contributed by atoms with Gasteiger partial charge in [-0.3, -0.25) is 4.40 Å². The number of rotatable bonds is 2. The minimum atomic E-state index is 0.473. The molecule has 3 aromatic rings. The number of imidazole rings is 1. The molecule has 86 valence electrons. The Balaban J connectivity index is 2.30. The second-order valence-electron chi connectivity index (χ2n) is 3.97. The minimum Gasteiger partial charge on any atom is -0.458 e. The molecule has 3 aromatic heterocycles. The fourth-order valence-corrected chi connectivity index (χ4v) is 2.00. The Morgan fingerprint density at radius 3 is 2.88 bits per heavy atom. The van der Waals surface area contributed by atoms with Gasteiger partial charge < -0.3 is 10.2 Å². The molecular formula is C13H13N3O. The number of furan rings is 1. The summed E-state index contributed by atoms with van der Waals surface area (Å²) in [6.07, 6.45) is 1.83. The molecule has 3 rings (SSSR count). The van der Waals surface area contributed by atoms with E-state index in [1.807, 2.05) is 47.9 Å². The van der Waals surface area contributed by atoms with Gasteiger partial charge in [0.2, 0.25) is 0 Å². The average molecular weight is 227 g/mol. The molecule has 0 fully saturated rings. The highest BCUT2D eigenvalue weighted by molar-refractivity contribution is 5.59. The molecule has 0 unspecified atom stereocenters. The number of hydrogen-bond donors (Lipinski definition) is 1. The van der Waals surface area contributed by atoms with Gasteiger partial charge >= 0.3 is 0 Å². The maximum atomic E-state index is 5.75. The number of hydrogen-bond acceptors (Lipinski definition) is 3. The van der Waals surface area contributed by atoms with E-state index in [4.69, 9.17) is 10.2 Å². The van der Waals surface area contributed by atoms with Gasteiger partial charge in [-0.15, -0.1) is 0 Å². The zero-order valence-electron chi connectivity index (χ0n) is 9.55. The lowest BCUT2D eigenvalue weighted by molar-refractivity contribution is 0.543. The van der Waals surface area contributed by atoms with Crippen LogP contribution in [0.25, 0.3) is 17.1 Å². The zero-order chi connectivity index (χ0) is 11.8. The third-order valence-electron chi connectivity index (χ3n) is 2.80. The molecule has 0 atom stereocenters. The standard InChI is InChI=1S/C13H13N3O/c1-9-5-6-12(17-9)13-15-8-11-4-2-3-10(7-14)16(11)13/h2-6,8H,7,14H2,1H3. The molecule has 2 N–H and O–H groups in total. The van der Waals surface area contributed by atoms with Crippen LogP contribution in [0.3, 0.4) is 0 Å². The van der Waals surface area contributed by atoms with Gasteiger partial charge in [-0.1, -0.05) is 6.07 Å². The number of pyridine rings is 1. The molecule has 0 saturated heterocycles. The summed E-state index contributed by atoms with van der Waals surface area (Å²) in [6, 6.07) is 9.84. The van der Waals surface area contributed by atoms with Crippen LogP contribution in [0.5, 0.6) is 0 Å². The highest BCUT2D eigenvalue weighted by Crippen LogP contribution is 2.23. The summed E-state index contributed by atoms with van der Waals surface area (Å²) in [4.78, 5) is 4.40. The Labute approximate surface area is 98.7 Å². The molecule has 0 aromatic carbocycles. The summed E-state index contributed by atoms with van der Waals surface area (Å²) in [6.45, 7) is 2.39. The third-order valence-corrected chi connectivity index (χ3v) is 2.80. The van der Waals surface area contributed by atoms with Crippen molar-refractivity contribution in [3.8, 4) is 11.6 Å². The van der Waals surface area contributed by atoms with E-state index in [1.165, 1.54) is 0 Å². The highest BCUT2D eigenvalue weighted by atomic mass is 16.3. The first-order valence-electron chi connectivity index (χ1n) is 5.52. The van der Waals surface area contributed by atoms with Crippen molar-refractivity contribution in [1.82, 2.24) is 9.38 Å². The van der Waals surface area contributed by atoms with Crippen molar-refractivity contribution in [3.05, 3.63) is 48.0 Å². The van der Waals surface area contributed by atoms with Gasteiger partial charge in [0, 0.05) is 12.2 Å². The van der Waals surface area contributed by atoms with Gasteiger partial charge in [0.1, 0.15) is 5.76 Å². The topological polar surface area (TPSA) is 56.5 Å². The Kier molecular flexibility index (Phi) is 2.23. The Morgan fingerprint density at radius 2 is 2.18 bits per heavy atom. The van der Waals surface area contributed by atoms with E-state index in [0.29, 0.717) is 6.54 Å². The van der Waals surface area contributed by atoms with Crippen molar-refractivity contribution < 1.29 is 4.42 Å². The quantitative estimate of drug-likeness (QED) is 0.731. The first kappa shape index (κ1) is 10.1. The molecule has 4 heteroatoms. The summed E-state index contributed by atoms with van der Waals surface area (Å²) in [5.74, 6) is 2.44. The summed E-state index contributed by atoms with van der Waals surface area (Å²) < 4.78 is 7.64. The number of nitrogens with two attached hydrogens (primary N) is 1. The van der Waals surface area contributed by atoms with Crippen LogP contribution in [-0.2, 0) is 6.54 Å². The number of aromatic nitrogens is 2. The lowest BCUT2D eigenvalue weighted by atomic mass is 10.3. The van der Waals surface area contributed by atoms with Gasteiger partial charge in [-0.2, -0.15) is 0 Å². The van der Waals surface area contributed by atoms with Crippen molar-refractivity contribution in [2.45, 2.75) is 13.5 Å². The summed E-state index contributed by atoms with van der Waals surface area (Å²) >= 11 is 0. The van der Waals surface area contributed by atoms with Crippen LogP contribution in [0.15, 0.2) is 40.9 Å². The number of aryl methyl sites for hydroxylation is 1. The van der Waals surface area contributed by atoms with Gasteiger partial charge in [0.05, 0.1) is 11.7 Å². The minimum absolute atomic E-state index is 0.473. The van der Waals surface area contributed by atoms with Crippen molar-refractivity contribution in [1.29, 1.82) is 0 Å². The number of fused-ring (bicyclic) bond motifs is 1. The van der Waals surface area contributed by atoms with E-state index in [9.17, 15) is 0 Å². The molecule has 0 amide bonds. The third kappa shape index (κ3) is 1.54. The average Bonchev–Trinajstić information content (AvgIpc) is 2.94. The maximum absolute atomic E-state index is 5.75. The molecule has 0 saturated carbocycles. The van der Waals surface area contributed by atoms with E-state index >= 15 is 0 Å². The maximum Gasteiger partial charge on any atom is 0.181 e. The Hall–Kier alpha value is -2.07. The fourth-order valence-electron chi connectivity index (χ4n) is 2.00. The van der Waals surface area contributed by atoms with Crippen molar-refractivity contribution in [3.63, 3.8) is 0 Å². The largest absolute Gasteiger partial charge is 0.458 e. The van der Waals surface area contributed by atoms with Crippen LogP contribution < -0.4 is 5.73 Å². The van der Waals surface area contributed by atoms with Crippen LogP contribution in [0.4, 0.5) is 0 Å². The molecule has 4 nitrogen and oxygen atoms in total. The molecule has 0 aliphatic rings. The van der Waals surface area contributed by atoms with Gasteiger partial charge in [0.15, 0.2) is 11.6 Å². The van der Waals surface area contributed by atoms with Crippen LogP contribution in [0.2, 0.25) is 0 Å². The first-order valence-corrected chi connectivity index (χ1v) is 5.52. The number of nitrogens with zero attached hydrogens (tertiary/aromatic N) is 2. The predicted octanol–water partition coefficient (Wildman–Crippen LogP) is 2.36.